The van der Waals surface area contributed by atoms with Gasteiger partial charge in [-0.3, -0.25) is 4.79 Å². The van der Waals surface area contributed by atoms with Gasteiger partial charge in [-0.2, -0.15) is 13.2 Å². The van der Waals surface area contributed by atoms with Crippen LogP contribution in [0.3, 0.4) is 0 Å². The minimum Gasteiger partial charge on any atom is -0.352 e. The molecule has 1 aromatic carbocycles. The highest BCUT2D eigenvalue weighted by atomic mass is 19.4. The van der Waals surface area contributed by atoms with Crippen molar-refractivity contribution in [3.05, 3.63) is 35.4 Å². The zero-order valence-electron chi connectivity index (χ0n) is 12.8. The Morgan fingerprint density at radius 1 is 1.22 bits per heavy atom. The maximum Gasteiger partial charge on any atom is 0.416 e. The molecule has 3 rings (SSSR count). The molecular weight excluding hydrogens is 305 g/mol. The van der Waals surface area contributed by atoms with Crippen LogP contribution in [0.5, 0.6) is 0 Å². The fourth-order valence-electron chi connectivity index (χ4n) is 3.73. The molecule has 2 heterocycles. The lowest BCUT2D eigenvalue weighted by Gasteiger charge is -2.28. The molecule has 0 aliphatic carbocycles. The molecule has 2 atom stereocenters. The summed E-state index contributed by atoms with van der Waals surface area (Å²) in [7, 11) is 0. The van der Waals surface area contributed by atoms with Gasteiger partial charge in [0.25, 0.3) is 0 Å². The Kier molecular flexibility index (Phi) is 4.62. The van der Waals surface area contributed by atoms with Crippen LogP contribution in [0.25, 0.3) is 0 Å². The topological polar surface area (TPSA) is 41.1 Å². The van der Waals surface area contributed by atoms with Gasteiger partial charge in [0.2, 0.25) is 5.91 Å². The van der Waals surface area contributed by atoms with Gasteiger partial charge in [0, 0.05) is 25.0 Å². The van der Waals surface area contributed by atoms with Crippen molar-refractivity contribution in [1.29, 1.82) is 0 Å². The number of carbonyl (C=O) groups is 1. The molecule has 2 N–H and O–H groups in total. The number of carbonyl (C=O) groups excluding carboxylic acids is 1. The summed E-state index contributed by atoms with van der Waals surface area (Å²) in [4.78, 5) is 12.0. The van der Waals surface area contributed by atoms with Crippen LogP contribution in [0.15, 0.2) is 24.3 Å². The van der Waals surface area contributed by atoms with Crippen molar-refractivity contribution in [2.45, 2.75) is 56.9 Å². The average Bonchev–Trinajstić information content (AvgIpc) is 2.83. The van der Waals surface area contributed by atoms with Crippen LogP contribution < -0.4 is 10.6 Å². The molecule has 3 nitrogen and oxygen atoms in total. The van der Waals surface area contributed by atoms with Crippen LogP contribution in [-0.4, -0.2) is 18.0 Å². The van der Waals surface area contributed by atoms with E-state index in [9.17, 15) is 18.0 Å². The summed E-state index contributed by atoms with van der Waals surface area (Å²) in [5.74, 6) is 0.309. The standard InChI is InChI=1S/C17H21F3N2O/c18-17(19,20)13-3-1-2-11(6-13)10-21-16(23)9-12-7-14-4-5-15(8-12)22-14/h1-3,6,12,14-15,22H,4-5,7-10H2,(H,21,23). The molecule has 6 heteroatoms. The molecule has 2 aliphatic heterocycles. The van der Waals surface area contributed by atoms with E-state index in [4.69, 9.17) is 0 Å². The molecular formula is C17H21F3N2O. The predicted molar refractivity (Wildman–Crippen MR) is 80.6 cm³/mol. The molecule has 0 saturated carbocycles. The maximum atomic E-state index is 12.7. The van der Waals surface area contributed by atoms with Crippen LogP contribution in [0.2, 0.25) is 0 Å². The number of rotatable bonds is 4. The van der Waals surface area contributed by atoms with Crippen molar-refractivity contribution < 1.29 is 18.0 Å². The lowest BCUT2D eigenvalue weighted by atomic mass is 9.89. The monoisotopic (exact) mass is 326 g/mol. The summed E-state index contributed by atoms with van der Waals surface area (Å²) in [6.45, 7) is 0.139. The Balaban J connectivity index is 1.49. The molecule has 2 bridgehead atoms. The fraction of sp³-hybridized carbons (Fsp3) is 0.588. The van der Waals surface area contributed by atoms with Crippen LogP contribution in [0.4, 0.5) is 13.2 Å². The van der Waals surface area contributed by atoms with E-state index in [0.29, 0.717) is 30.0 Å². The average molecular weight is 326 g/mol. The fourth-order valence-corrected chi connectivity index (χ4v) is 3.73. The number of alkyl halides is 3. The van der Waals surface area contributed by atoms with Crippen molar-refractivity contribution in [2.75, 3.05) is 0 Å². The smallest absolute Gasteiger partial charge is 0.352 e. The van der Waals surface area contributed by atoms with Crippen LogP contribution >= 0.6 is 0 Å². The van der Waals surface area contributed by atoms with Gasteiger partial charge in [-0.15, -0.1) is 0 Å². The Labute approximate surface area is 133 Å². The third-order valence-electron chi connectivity index (χ3n) is 4.79. The first-order valence-corrected chi connectivity index (χ1v) is 8.09. The molecule has 0 radical (unpaired) electrons. The van der Waals surface area contributed by atoms with Crippen molar-refractivity contribution in [1.82, 2.24) is 10.6 Å². The molecule has 1 aromatic rings. The second-order valence-electron chi connectivity index (χ2n) is 6.65. The summed E-state index contributed by atoms with van der Waals surface area (Å²) in [6, 6.07) is 6.17. The van der Waals surface area contributed by atoms with E-state index in [1.54, 1.807) is 6.07 Å². The first-order valence-electron chi connectivity index (χ1n) is 8.09. The number of halogens is 3. The highest BCUT2D eigenvalue weighted by Gasteiger charge is 2.34. The molecule has 2 fully saturated rings. The molecule has 0 spiro atoms. The van der Waals surface area contributed by atoms with Gasteiger partial charge in [-0.1, -0.05) is 12.1 Å². The highest BCUT2D eigenvalue weighted by Crippen LogP contribution is 2.32. The third kappa shape index (κ3) is 4.25. The number of amides is 1. The molecule has 1 amide bonds. The number of nitrogens with one attached hydrogen (secondary N) is 2. The maximum absolute atomic E-state index is 12.7. The van der Waals surface area contributed by atoms with E-state index >= 15 is 0 Å². The number of hydrogen-bond acceptors (Lipinski definition) is 2. The second kappa shape index (κ2) is 6.51. The van der Waals surface area contributed by atoms with E-state index < -0.39 is 11.7 Å². The van der Waals surface area contributed by atoms with Gasteiger partial charge in [-0.05, 0) is 49.3 Å². The van der Waals surface area contributed by atoms with Gasteiger partial charge in [0.15, 0.2) is 0 Å². The van der Waals surface area contributed by atoms with Gasteiger partial charge < -0.3 is 10.6 Å². The molecule has 2 aliphatic rings. The normalized spacial score (nSPS) is 27.0. The Hall–Kier alpha value is -1.56. The third-order valence-corrected chi connectivity index (χ3v) is 4.79. The van der Waals surface area contributed by atoms with Crippen LogP contribution in [-0.2, 0) is 17.5 Å². The van der Waals surface area contributed by atoms with E-state index in [1.165, 1.54) is 18.9 Å². The molecule has 2 unspecified atom stereocenters. The minimum absolute atomic E-state index is 0.0753. The molecule has 23 heavy (non-hydrogen) atoms. The Morgan fingerprint density at radius 2 is 1.91 bits per heavy atom. The second-order valence-corrected chi connectivity index (χ2v) is 6.65. The van der Waals surface area contributed by atoms with Gasteiger partial charge in [0.1, 0.15) is 0 Å². The Morgan fingerprint density at radius 3 is 2.57 bits per heavy atom. The zero-order chi connectivity index (χ0) is 16.4. The summed E-state index contributed by atoms with van der Waals surface area (Å²) in [5.41, 5.74) is -0.210. The summed E-state index contributed by atoms with van der Waals surface area (Å²) in [6.07, 6.45) is 0.531. The van der Waals surface area contributed by atoms with Gasteiger partial charge in [-0.25, -0.2) is 0 Å². The minimum atomic E-state index is -4.35. The van der Waals surface area contributed by atoms with E-state index in [2.05, 4.69) is 10.6 Å². The van der Waals surface area contributed by atoms with Crippen molar-refractivity contribution in [3.8, 4) is 0 Å². The first kappa shape index (κ1) is 16.3. The van der Waals surface area contributed by atoms with E-state index in [-0.39, 0.29) is 12.5 Å². The molecule has 2 saturated heterocycles. The van der Waals surface area contributed by atoms with Gasteiger partial charge in [0.05, 0.1) is 5.56 Å². The van der Waals surface area contributed by atoms with E-state index in [1.807, 2.05) is 0 Å². The van der Waals surface area contributed by atoms with Crippen LogP contribution in [0.1, 0.15) is 43.2 Å². The first-order chi connectivity index (χ1) is 10.9. The highest BCUT2D eigenvalue weighted by molar-refractivity contribution is 5.76. The number of piperidine rings is 1. The lowest BCUT2D eigenvalue weighted by molar-refractivity contribution is -0.137. The lowest BCUT2D eigenvalue weighted by Crippen LogP contribution is -2.39. The van der Waals surface area contributed by atoms with Crippen molar-refractivity contribution in [3.63, 3.8) is 0 Å². The number of hydrogen-bond donors (Lipinski definition) is 2. The quantitative estimate of drug-likeness (QED) is 0.892. The zero-order valence-corrected chi connectivity index (χ0v) is 12.8. The number of benzene rings is 1. The number of fused-ring (bicyclic) bond motifs is 2. The van der Waals surface area contributed by atoms with Crippen molar-refractivity contribution >= 4 is 5.91 Å². The Bertz CT molecular complexity index is 561. The summed E-state index contributed by atoms with van der Waals surface area (Å²) >= 11 is 0. The van der Waals surface area contributed by atoms with E-state index in [0.717, 1.165) is 25.0 Å². The predicted octanol–water partition coefficient (Wildman–Crippen LogP) is 3.24. The summed E-state index contributed by atoms with van der Waals surface area (Å²) in [5, 5.41) is 6.28. The molecule has 126 valence electrons. The summed E-state index contributed by atoms with van der Waals surface area (Å²) < 4.78 is 38.0. The van der Waals surface area contributed by atoms with Gasteiger partial charge >= 0.3 is 6.18 Å². The molecule has 0 aromatic heterocycles. The van der Waals surface area contributed by atoms with Crippen LogP contribution in [0, 0.1) is 5.92 Å². The van der Waals surface area contributed by atoms with Crippen molar-refractivity contribution in [2.24, 2.45) is 5.92 Å². The SMILES string of the molecule is O=C(CC1CC2CCC(C1)N2)NCc1cccc(C(F)(F)F)c1. The largest absolute Gasteiger partial charge is 0.416 e.